The summed E-state index contributed by atoms with van der Waals surface area (Å²) in [6, 6.07) is 4.35. The molecular weight excluding hydrogens is 209 g/mol. The molecule has 4 nitrogen and oxygen atoms in total. The van der Waals surface area contributed by atoms with Crippen LogP contribution in [-0.2, 0) is 4.79 Å². The first-order valence-corrected chi connectivity index (χ1v) is 5.40. The monoisotopic (exact) mass is 223 g/mol. The molecule has 2 rings (SSSR count). The van der Waals surface area contributed by atoms with Crippen LogP contribution in [0.4, 0.5) is 10.2 Å². The number of pyridine rings is 1. The average molecular weight is 223 g/mol. The van der Waals surface area contributed by atoms with Crippen LogP contribution in [0.25, 0.3) is 0 Å². The van der Waals surface area contributed by atoms with Crippen molar-refractivity contribution in [1.82, 2.24) is 10.3 Å². The molecule has 1 aromatic rings. The predicted octanol–water partition coefficient (Wildman–Crippen LogP) is 1.16. The van der Waals surface area contributed by atoms with Crippen LogP contribution in [0, 0.1) is 11.9 Å². The van der Waals surface area contributed by atoms with Crippen molar-refractivity contribution in [2.45, 2.75) is 12.8 Å². The Morgan fingerprint density at radius 3 is 3.12 bits per heavy atom. The lowest BCUT2D eigenvalue weighted by molar-refractivity contribution is -0.120. The highest BCUT2D eigenvalue weighted by Crippen LogP contribution is 2.12. The Labute approximate surface area is 93.3 Å². The summed E-state index contributed by atoms with van der Waals surface area (Å²) in [6.07, 6.45) is 1.86. The molecule has 0 saturated carbocycles. The van der Waals surface area contributed by atoms with Crippen molar-refractivity contribution in [3.63, 3.8) is 0 Å². The van der Waals surface area contributed by atoms with Gasteiger partial charge in [-0.25, -0.2) is 4.98 Å². The summed E-state index contributed by atoms with van der Waals surface area (Å²) in [5.41, 5.74) is 0. The minimum atomic E-state index is -0.584. The van der Waals surface area contributed by atoms with Gasteiger partial charge >= 0.3 is 0 Å². The number of hydrogen-bond acceptors (Lipinski definition) is 3. The van der Waals surface area contributed by atoms with Crippen LogP contribution in [0.1, 0.15) is 12.8 Å². The lowest BCUT2D eigenvalue weighted by Gasteiger charge is -2.21. The topological polar surface area (TPSA) is 54.0 Å². The third kappa shape index (κ3) is 2.76. The third-order valence-corrected chi connectivity index (χ3v) is 2.63. The van der Waals surface area contributed by atoms with Crippen molar-refractivity contribution in [3.05, 3.63) is 24.1 Å². The number of hydrogen-bond donors (Lipinski definition) is 2. The van der Waals surface area contributed by atoms with Crippen molar-refractivity contribution >= 4 is 11.7 Å². The maximum Gasteiger partial charge on any atom is 0.229 e. The van der Waals surface area contributed by atoms with Crippen molar-refractivity contribution in [1.29, 1.82) is 0 Å². The molecule has 1 aromatic heterocycles. The van der Waals surface area contributed by atoms with Gasteiger partial charge in [-0.2, -0.15) is 4.39 Å². The van der Waals surface area contributed by atoms with E-state index in [1.807, 2.05) is 0 Å². The molecule has 0 radical (unpaired) electrons. The Hall–Kier alpha value is -1.49. The van der Waals surface area contributed by atoms with Gasteiger partial charge in [-0.05, 0) is 31.5 Å². The molecule has 1 fully saturated rings. The molecule has 0 aliphatic carbocycles. The predicted molar refractivity (Wildman–Crippen MR) is 58.4 cm³/mol. The Bertz CT molecular complexity index is 377. The number of halogens is 1. The fraction of sp³-hybridized carbons (Fsp3) is 0.455. The summed E-state index contributed by atoms with van der Waals surface area (Å²) in [7, 11) is 0. The summed E-state index contributed by atoms with van der Waals surface area (Å²) in [4.78, 5) is 15.4. The Balaban J connectivity index is 1.96. The Kier molecular flexibility index (Phi) is 3.46. The van der Waals surface area contributed by atoms with E-state index in [-0.39, 0.29) is 17.6 Å². The minimum Gasteiger partial charge on any atom is -0.316 e. The van der Waals surface area contributed by atoms with Crippen molar-refractivity contribution in [3.8, 4) is 0 Å². The van der Waals surface area contributed by atoms with Gasteiger partial charge in [0.05, 0.1) is 5.92 Å². The summed E-state index contributed by atoms with van der Waals surface area (Å²) in [5.74, 6) is -0.445. The fourth-order valence-electron chi connectivity index (χ4n) is 1.78. The zero-order valence-electron chi connectivity index (χ0n) is 8.87. The molecule has 1 aliphatic rings. The van der Waals surface area contributed by atoms with Gasteiger partial charge in [-0.1, -0.05) is 6.07 Å². The van der Waals surface area contributed by atoms with Crippen molar-refractivity contribution < 1.29 is 9.18 Å². The molecule has 1 unspecified atom stereocenters. The molecule has 86 valence electrons. The number of aromatic nitrogens is 1. The zero-order valence-corrected chi connectivity index (χ0v) is 8.87. The molecule has 1 atom stereocenters. The summed E-state index contributed by atoms with van der Waals surface area (Å²) < 4.78 is 12.8. The lowest BCUT2D eigenvalue weighted by Crippen LogP contribution is -2.37. The average Bonchev–Trinajstić information content (AvgIpc) is 2.30. The molecule has 16 heavy (non-hydrogen) atoms. The molecule has 2 N–H and O–H groups in total. The molecule has 1 saturated heterocycles. The van der Waals surface area contributed by atoms with Gasteiger partial charge in [0.15, 0.2) is 0 Å². The lowest BCUT2D eigenvalue weighted by atomic mass is 9.99. The van der Waals surface area contributed by atoms with E-state index in [0.717, 1.165) is 19.4 Å². The van der Waals surface area contributed by atoms with Gasteiger partial charge in [0.25, 0.3) is 0 Å². The molecule has 0 spiro atoms. The third-order valence-electron chi connectivity index (χ3n) is 2.63. The van der Waals surface area contributed by atoms with Crippen LogP contribution in [0.15, 0.2) is 18.2 Å². The normalized spacial score (nSPS) is 20.4. The number of anilines is 1. The van der Waals surface area contributed by atoms with Crippen LogP contribution in [0.5, 0.6) is 0 Å². The second-order valence-corrected chi connectivity index (χ2v) is 3.88. The van der Waals surface area contributed by atoms with Crippen LogP contribution in [-0.4, -0.2) is 24.0 Å². The smallest absolute Gasteiger partial charge is 0.229 e. The molecular formula is C11H14FN3O. The van der Waals surface area contributed by atoms with E-state index in [2.05, 4.69) is 15.6 Å². The summed E-state index contributed by atoms with van der Waals surface area (Å²) in [6.45, 7) is 1.64. The molecule has 1 amide bonds. The zero-order chi connectivity index (χ0) is 11.4. The van der Waals surface area contributed by atoms with Gasteiger partial charge in [0, 0.05) is 6.54 Å². The van der Waals surface area contributed by atoms with Crippen LogP contribution >= 0.6 is 0 Å². The van der Waals surface area contributed by atoms with Crippen LogP contribution < -0.4 is 10.6 Å². The minimum absolute atomic E-state index is 0.0428. The number of carbonyl (C=O) groups is 1. The Morgan fingerprint density at radius 2 is 2.44 bits per heavy atom. The Morgan fingerprint density at radius 1 is 1.56 bits per heavy atom. The first-order valence-electron chi connectivity index (χ1n) is 5.40. The molecule has 0 bridgehead atoms. The number of piperidine rings is 1. The summed E-state index contributed by atoms with van der Waals surface area (Å²) >= 11 is 0. The van der Waals surface area contributed by atoms with E-state index in [9.17, 15) is 9.18 Å². The molecule has 5 heteroatoms. The number of rotatable bonds is 2. The number of nitrogens with zero attached hydrogens (tertiary/aromatic N) is 1. The number of carbonyl (C=O) groups excluding carboxylic acids is 1. The van der Waals surface area contributed by atoms with Crippen LogP contribution in [0.2, 0.25) is 0 Å². The van der Waals surface area contributed by atoms with E-state index in [1.165, 1.54) is 12.1 Å². The molecule has 2 heterocycles. The highest BCUT2D eigenvalue weighted by atomic mass is 19.1. The highest BCUT2D eigenvalue weighted by molar-refractivity contribution is 5.91. The standard InChI is InChI=1S/C11H14FN3O/c12-9-4-1-5-10(14-9)15-11(16)8-3-2-6-13-7-8/h1,4-5,8,13H,2-3,6-7H2,(H,14,15,16). The van der Waals surface area contributed by atoms with Gasteiger partial charge < -0.3 is 10.6 Å². The maximum atomic E-state index is 12.8. The first kappa shape index (κ1) is 11.0. The number of amides is 1. The van der Waals surface area contributed by atoms with Gasteiger partial charge in [0.2, 0.25) is 11.9 Å². The van der Waals surface area contributed by atoms with Gasteiger partial charge in [-0.3, -0.25) is 4.79 Å². The molecule has 0 aromatic carbocycles. The van der Waals surface area contributed by atoms with Crippen LogP contribution in [0.3, 0.4) is 0 Å². The highest BCUT2D eigenvalue weighted by Gasteiger charge is 2.21. The maximum absolute atomic E-state index is 12.8. The van der Waals surface area contributed by atoms with Gasteiger partial charge in [0.1, 0.15) is 5.82 Å². The fourth-order valence-corrected chi connectivity index (χ4v) is 1.78. The van der Waals surface area contributed by atoms with Crippen molar-refractivity contribution in [2.24, 2.45) is 5.92 Å². The van der Waals surface area contributed by atoms with E-state index in [0.29, 0.717) is 6.54 Å². The van der Waals surface area contributed by atoms with Crippen molar-refractivity contribution in [2.75, 3.05) is 18.4 Å². The second kappa shape index (κ2) is 5.03. The SMILES string of the molecule is O=C(Nc1cccc(F)n1)C1CCCNC1. The van der Waals surface area contributed by atoms with E-state index in [4.69, 9.17) is 0 Å². The largest absolute Gasteiger partial charge is 0.316 e. The summed E-state index contributed by atoms with van der Waals surface area (Å²) in [5, 5.41) is 5.78. The number of nitrogens with one attached hydrogen (secondary N) is 2. The van der Waals surface area contributed by atoms with E-state index >= 15 is 0 Å². The quantitative estimate of drug-likeness (QED) is 0.740. The van der Waals surface area contributed by atoms with E-state index < -0.39 is 5.95 Å². The van der Waals surface area contributed by atoms with E-state index in [1.54, 1.807) is 6.07 Å². The first-order chi connectivity index (χ1) is 7.75. The molecule has 1 aliphatic heterocycles. The second-order valence-electron chi connectivity index (χ2n) is 3.88. The van der Waals surface area contributed by atoms with Gasteiger partial charge in [-0.15, -0.1) is 0 Å².